The second-order valence-corrected chi connectivity index (χ2v) is 2.48. The molecular weight excluding hydrogens is 168 g/mol. The van der Waals surface area contributed by atoms with E-state index in [1.165, 1.54) is 0 Å². The number of allylic oxidation sites excluding steroid dienone is 2. The number of hydroxylamine groups is 1. The number of rotatable bonds is 6. The van der Waals surface area contributed by atoms with Crippen LogP contribution in [0.1, 0.15) is 13.3 Å². The fraction of sp³-hybridized carbons (Fsp3) is 0.444. The first-order chi connectivity index (χ1) is 6.22. The van der Waals surface area contributed by atoms with E-state index in [4.69, 9.17) is 5.73 Å². The molecule has 0 spiro atoms. The van der Waals surface area contributed by atoms with Gasteiger partial charge in [0, 0.05) is 18.7 Å². The first kappa shape index (κ1) is 11.9. The highest BCUT2D eigenvalue weighted by molar-refractivity contribution is 5.87. The van der Waals surface area contributed by atoms with E-state index in [9.17, 15) is 4.79 Å². The summed E-state index contributed by atoms with van der Waals surface area (Å²) in [6, 6.07) is 0. The molecule has 0 heterocycles. The summed E-state index contributed by atoms with van der Waals surface area (Å²) in [5, 5.41) is 0. The zero-order valence-electron chi connectivity index (χ0n) is 7.88. The normalized spacial score (nSPS) is 11.1. The Labute approximate surface area is 78.4 Å². The Morgan fingerprint density at radius 2 is 2.38 bits per heavy atom. The van der Waals surface area contributed by atoms with Crippen molar-refractivity contribution in [2.75, 3.05) is 13.1 Å². The summed E-state index contributed by atoms with van der Waals surface area (Å²) in [5.41, 5.74) is 8.20. The number of nitrogens with one attached hydrogen (secondary N) is 1. The molecule has 0 amide bonds. The molecule has 0 fully saturated rings. The van der Waals surface area contributed by atoms with E-state index in [1.807, 2.05) is 0 Å². The Balaban J connectivity index is 3.75. The molecule has 0 aliphatic rings. The third-order valence-corrected chi connectivity index (χ3v) is 1.32. The summed E-state index contributed by atoms with van der Waals surface area (Å²) in [5.74, 6) is -0.379. The number of carbonyl (C=O) groups is 1. The van der Waals surface area contributed by atoms with Gasteiger partial charge in [0.2, 0.25) is 0 Å². The molecule has 0 aliphatic heterocycles. The van der Waals surface area contributed by atoms with Gasteiger partial charge < -0.3 is 10.6 Å². The monoisotopic (exact) mass is 184 g/mol. The van der Waals surface area contributed by atoms with Crippen molar-refractivity contribution < 1.29 is 9.63 Å². The first-order valence-corrected chi connectivity index (χ1v) is 4.14. The van der Waals surface area contributed by atoms with Crippen molar-refractivity contribution in [3.8, 4) is 0 Å². The van der Waals surface area contributed by atoms with E-state index in [1.54, 1.807) is 19.1 Å². The molecule has 0 bridgehead atoms. The molecule has 0 saturated carbocycles. The lowest BCUT2D eigenvalue weighted by Crippen LogP contribution is -2.26. The Morgan fingerprint density at radius 1 is 1.69 bits per heavy atom. The lowest BCUT2D eigenvalue weighted by Gasteiger charge is -2.03. The SMILES string of the molecule is C=CCC=C(C)C(=O)ONCCN. The summed E-state index contributed by atoms with van der Waals surface area (Å²) in [7, 11) is 0. The van der Waals surface area contributed by atoms with E-state index in [2.05, 4.69) is 16.9 Å². The molecule has 3 N–H and O–H groups in total. The second-order valence-electron chi connectivity index (χ2n) is 2.48. The van der Waals surface area contributed by atoms with Crippen LogP contribution in [-0.4, -0.2) is 19.1 Å². The molecule has 74 valence electrons. The minimum absolute atomic E-state index is 0.379. The molecule has 13 heavy (non-hydrogen) atoms. The summed E-state index contributed by atoms with van der Waals surface area (Å²) < 4.78 is 0. The van der Waals surface area contributed by atoms with Crippen LogP contribution < -0.4 is 11.2 Å². The summed E-state index contributed by atoms with van der Waals surface area (Å²) >= 11 is 0. The van der Waals surface area contributed by atoms with Gasteiger partial charge >= 0.3 is 5.97 Å². The molecule has 0 unspecified atom stereocenters. The number of carbonyl (C=O) groups excluding carboxylic acids is 1. The van der Waals surface area contributed by atoms with E-state index in [0.717, 1.165) is 0 Å². The van der Waals surface area contributed by atoms with Crippen molar-refractivity contribution in [1.82, 2.24) is 5.48 Å². The minimum Gasteiger partial charge on any atom is -0.367 e. The van der Waals surface area contributed by atoms with E-state index < -0.39 is 0 Å². The molecule has 0 saturated heterocycles. The lowest BCUT2D eigenvalue weighted by molar-refractivity contribution is -0.146. The Morgan fingerprint density at radius 3 is 2.92 bits per heavy atom. The average Bonchev–Trinajstić information content (AvgIpc) is 2.14. The first-order valence-electron chi connectivity index (χ1n) is 4.14. The quantitative estimate of drug-likeness (QED) is 0.273. The molecule has 0 atom stereocenters. The van der Waals surface area contributed by atoms with Gasteiger partial charge in [-0.05, 0) is 13.3 Å². The van der Waals surface area contributed by atoms with Gasteiger partial charge in [-0.1, -0.05) is 12.2 Å². The van der Waals surface area contributed by atoms with Gasteiger partial charge in [0.1, 0.15) is 0 Å². The predicted molar refractivity (Wildman–Crippen MR) is 51.7 cm³/mol. The predicted octanol–water partition coefficient (Wildman–Crippen LogP) is 0.515. The maximum atomic E-state index is 11.1. The van der Waals surface area contributed by atoms with E-state index in [0.29, 0.717) is 25.1 Å². The van der Waals surface area contributed by atoms with Gasteiger partial charge in [0.25, 0.3) is 0 Å². The largest absolute Gasteiger partial charge is 0.367 e. The Hall–Kier alpha value is -1.13. The molecule has 0 aromatic rings. The fourth-order valence-corrected chi connectivity index (χ4v) is 0.599. The van der Waals surface area contributed by atoms with Gasteiger partial charge in [0.05, 0.1) is 0 Å². The van der Waals surface area contributed by atoms with Crippen molar-refractivity contribution in [2.24, 2.45) is 5.73 Å². The van der Waals surface area contributed by atoms with E-state index in [-0.39, 0.29) is 5.97 Å². The minimum atomic E-state index is -0.379. The zero-order chi connectivity index (χ0) is 10.1. The fourth-order valence-electron chi connectivity index (χ4n) is 0.599. The molecule has 4 heteroatoms. The van der Waals surface area contributed by atoms with Gasteiger partial charge in [-0.3, -0.25) is 0 Å². The Bertz CT molecular complexity index is 200. The van der Waals surface area contributed by atoms with Gasteiger partial charge in [-0.25, -0.2) is 4.79 Å². The van der Waals surface area contributed by atoms with Crippen molar-refractivity contribution in [1.29, 1.82) is 0 Å². The molecule has 0 aromatic carbocycles. The maximum absolute atomic E-state index is 11.1. The summed E-state index contributed by atoms with van der Waals surface area (Å²) in [6.45, 7) is 6.12. The second kappa shape index (κ2) is 7.52. The molecule has 0 aromatic heterocycles. The number of hydrogen-bond acceptors (Lipinski definition) is 4. The summed E-state index contributed by atoms with van der Waals surface area (Å²) in [4.78, 5) is 15.8. The van der Waals surface area contributed by atoms with Crippen LogP contribution in [0.5, 0.6) is 0 Å². The number of nitrogens with two attached hydrogens (primary N) is 1. The Kier molecular flexibility index (Phi) is 6.86. The van der Waals surface area contributed by atoms with Gasteiger partial charge in [-0.15, -0.1) is 6.58 Å². The molecule has 0 rings (SSSR count). The number of hydrogen-bond donors (Lipinski definition) is 2. The smallest absolute Gasteiger partial charge is 0.352 e. The third kappa shape index (κ3) is 6.07. The van der Waals surface area contributed by atoms with Crippen LogP contribution in [-0.2, 0) is 9.63 Å². The van der Waals surface area contributed by atoms with Gasteiger partial charge in [0.15, 0.2) is 0 Å². The highest BCUT2D eigenvalue weighted by Gasteiger charge is 2.03. The van der Waals surface area contributed by atoms with Crippen LogP contribution in [0, 0.1) is 0 Å². The third-order valence-electron chi connectivity index (χ3n) is 1.32. The van der Waals surface area contributed by atoms with Crippen LogP contribution in [0.15, 0.2) is 24.3 Å². The molecule has 4 nitrogen and oxygen atoms in total. The zero-order valence-corrected chi connectivity index (χ0v) is 7.88. The van der Waals surface area contributed by atoms with Crippen LogP contribution >= 0.6 is 0 Å². The standard InChI is InChI=1S/C9H16N2O2/c1-3-4-5-8(2)9(12)13-11-7-6-10/h3,5,11H,1,4,6-7,10H2,2H3. The van der Waals surface area contributed by atoms with Crippen LogP contribution in [0.3, 0.4) is 0 Å². The van der Waals surface area contributed by atoms with Crippen molar-refractivity contribution in [2.45, 2.75) is 13.3 Å². The van der Waals surface area contributed by atoms with Crippen LogP contribution in [0.2, 0.25) is 0 Å². The molecule has 0 aliphatic carbocycles. The van der Waals surface area contributed by atoms with Crippen molar-refractivity contribution in [3.63, 3.8) is 0 Å². The molecular formula is C9H16N2O2. The van der Waals surface area contributed by atoms with Crippen molar-refractivity contribution >= 4 is 5.97 Å². The van der Waals surface area contributed by atoms with E-state index >= 15 is 0 Å². The highest BCUT2D eigenvalue weighted by Crippen LogP contribution is 1.97. The lowest BCUT2D eigenvalue weighted by atomic mass is 10.2. The average molecular weight is 184 g/mol. The van der Waals surface area contributed by atoms with Gasteiger partial charge in [-0.2, -0.15) is 5.48 Å². The highest BCUT2D eigenvalue weighted by atomic mass is 16.7. The van der Waals surface area contributed by atoms with Crippen molar-refractivity contribution in [3.05, 3.63) is 24.3 Å². The topological polar surface area (TPSA) is 64.3 Å². The molecule has 0 radical (unpaired) electrons. The van der Waals surface area contributed by atoms with Crippen LogP contribution in [0.25, 0.3) is 0 Å². The van der Waals surface area contributed by atoms with Crippen LogP contribution in [0.4, 0.5) is 0 Å². The summed E-state index contributed by atoms with van der Waals surface area (Å²) in [6.07, 6.45) is 4.13. The maximum Gasteiger partial charge on any atom is 0.352 e.